The Labute approximate surface area is 261 Å². The van der Waals surface area contributed by atoms with Gasteiger partial charge in [0.25, 0.3) is 0 Å². The molecule has 1 saturated heterocycles. The summed E-state index contributed by atoms with van der Waals surface area (Å²) >= 11 is 0. The van der Waals surface area contributed by atoms with E-state index in [0.717, 1.165) is 44.1 Å². The van der Waals surface area contributed by atoms with Crippen LogP contribution in [0.3, 0.4) is 0 Å². The third-order valence-electron chi connectivity index (χ3n) is 10.1. The molecule has 1 aromatic carbocycles. The van der Waals surface area contributed by atoms with Gasteiger partial charge in [-0.1, -0.05) is 30.6 Å². The van der Waals surface area contributed by atoms with Gasteiger partial charge in [-0.15, -0.1) is 0 Å². The predicted octanol–water partition coefficient (Wildman–Crippen LogP) is 5.47. The first-order valence-electron chi connectivity index (χ1n) is 16.2. The highest BCUT2D eigenvalue weighted by Crippen LogP contribution is 2.52. The summed E-state index contributed by atoms with van der Waals surface area (Å²) in [5, 5.41) is 2.96. The van der Waals surface area contributed by atoms with Crippen molar-refractivity contribution in [2.45, 2.75) is 96.3 Å². The van der Waals surface area contributed by atoms with E-state index >= 15 is 0 Å². The largest absolute Gasteiger partial charge is 0.493 e. The van der Waals surface area contributed by atoms with Crippen LogP contribution in [0.4, 0.5) is 0 Å². The molecule has 0 bridgehead atoms. The van der Waals surface area contributed by atoms with Crippen molar-refractivity contribution in [2.24, 2.45) is 17.3 Å². The van der Waals surface area contributed by atoms with Gasteiger partial charge in [0.2, 0.25) is 11.8 Å². The van der Waals surface area contributed by atoms with Gasteiger partial charge in [0, 0.05) is 31.1 Å². The second kappa shape index (κ2) is 14.2. The van der Waals surface area contributed by atoms with E-state index in [1.807, 2.05) is 30.0 Å². The normalized spacial score (nSPS) is 27.2. The van der Waals surface area contributed by atoms with E-state index in [0.29, 0.717) is 29.7 Å². The van der Waals surface area contributed by atoms with Crippen molar-refractivity contribution >= 4 is 17.8 Å². The van der Waals surface area contributed by atoms with Gasteiger partial charge in [0.15, 0.2) is 11.5 Å². The number of rotatable bonds is 11. The lowest BCUT2D eigenvalue weighted by Crippen LogP contribution is -2.60. The number of ether oxygens (including phenoxy) is 4. The third kappa shape index (κ3) is 6.53. The Bertz CT molecular complexity index is 1280. The van der Waals surface area contributed by atoms with Crippen LogP contribution >= 0.6 is 0 Å². The average molecular weight is 609 g/mol. The van der Waals surface area contributed by atoms with Crippen molar-refractivity contribution in [1.29, 1.82) is 0 Å². The highest BCUT2D eigenvalue weighted by atomic mass is 16.5. The number of benzene rings is 1. The van der Waals surface area contributed by atoms with Crippen LogP contribution in [0.15, 0.2) is 41.6 Å². The molecule has 1 N–H and O–H groups in total. The number of esters is 1. The maximum Gasteiger partial charge on any atom is 0.320 e. The lowest BCUT2D eigenvalue weighted by atomic mass is 9.66. The molecule has 1 aromatic rings. The number of nitrogens with one attached hydrogen (secondary N) is 1. The Kier molecular flexibility index (Phi) is 10.3. The summed E-state index contributed by atoms with van der Waals surface area (Å²) in [6, 6.07) is 5.47. The zero-order chi connectivity index (χ0) is 31.3. The fourth-order valence-electron chi connectivity index (χ4n) is 7.65. The van der Waals surface area contributed by atoms with Gasteiger partial charge in [-0.25, -0.2) is 0 Å². The average Bonchev–Trinajstić information content (AvgIpc) is 3.59. The number of amides is 2. The van der Waals surface area contributed by atoms with Crippen LogP contribution in [-0.2, 0) is 30.4 Å². The number of methoxy groups -OCH3 is 3. The summed E-state index contributed by atoms with van der Waals surface area (Å²) in [5.74, 6) is 0.0971. The Morgan fingerprint density at radius 3 is 2.52 bits per heavy atom. The number of likely N-dealkylation sites (tertiary alicyclic amines) is 1. The molecule has 0 radical (unpaired) electrons. The Hall–Kier alpha value is -3.33. The van der Waals surface area contributed by atoms with Crippen molar-refractivity contribution in [3.8, 4) is 11.5 Å². The van der Waals surface area contributed by atoms with Crippen LogP contribution < -0.4 is 14.8 Å². The Morgan fingerprint density at radius 2 is 1.84 bits per heavy atom. The van der Waals surface area contributed by atoms with Gasteiger partial charge in [-0.2, -0.15) is 0 Å². The molecule has 0 unspecified atom stereocenters. The van der Waals surface area contributed by atoms with Crippen LogP contribution in [-0.4, -0.2) is 62.8 Å². The molecule has 9 nitrogen and oxygen atoms in total. The number of nitrogens with zero attached hydrogens (tertiary/aromatic N) is 1. The van der Waals surface area contributed by atoms with E-state index in [9.17, 15) is 14.4 Å². The molecule has 0 spiro atoms. The van der Waals surface area contributed by atoms with Gasteiger partial charge in [0.05, 0.1) is 33.5 Å². The lowest BCUT2D eigenvalue weighted by Gasteiger charge is -2.52. The summed E-state index contributed by atoms with van der Waals surface area (Å²) in [5.41, 5.74) is 1.75. The number of hydrogen-bond acceptors (Lipinski definition) is 7. The number of carbonyl (C=O) groups excluding carboxylic acids is 3. The topological polar surface area (TPSA) is 103 Å². The molecule has 0 aromatic heterocycles. The minimum Gasteiger partial charge on any atom is -0.493 e. The van der Waals surface area contributed by atoms with E-state index in [-0.39, 0.29) is 37.3 Å². The van der Waals surface area contributed by atoms with Crippen molar-refractivity contribution in [1.82, 2.24) is 10.2 Å². The zero-order valence-electron chi connectivity index (χ0n) is 26.7. The molecule has 9 heteroatoms. The van der Waals surface area contributed by atoms with E-state index < -0.39 is 23.4 Å². The van der Waals surface area contributed by atoms with Crippen LogP contribution in [0, 0.1) is 17.3 Å². The molecule has 44 heavy (non-hydrogen) atoms. The van der Waals surface area contributed by atoms with Gasteiger partial charge < -0.3 is 29.2 Å². The van der Waals surface area contributed by atoms with Crippen LogP contribution in [0.2, 0.25) is 0 Å². The zero-order valence-corrected chi connectivity index (χ0v) is 26.7. The number of carbonyl (C=O) groups is 3. The number of piperidine rings is 1. The van der Waals surface area contributed by atoms with E-state index in [1.54, 1.807) is 20.3 Å². The van der Waals surface area contributed by atoms with Gasteiger partial charge in [-0.05, 0) is 88.0 Å². The van der Waals surface area contributed by atoms with Gasteiger partial charge in [-0.3, -0.25) is 14.4 Å². The molecule has 1 saturated carbocycles. The van der Waals surface area contributed by atoms with Crippen molar-refractivity contribution in [2.75, 3.05) is 27.9 Å². The predicted molar refractivity (Wildman–Crippen MR) is 166 cm³/mol. The third-order valence-corrected chi connectivity index (χ3v) is 10.1. The number of allylic oxidation sites excluding steroid dienone is 1. The second-order valence-electron chi connectivity index (χ2n) is 12.7. The summed E-state index contributed by atoms with van der Waals surface area (Å²) in [6.07, 6.45) is 13.5. The molecule has 5 rings (SSSR count). The molecular weight excluding hydrogens is 560 g/mol. The molecule has 2 fully saturated rings. The second-order valence-corrected chi connectivity index (χ2v) is 12.7. The monoisotopic (exact) mass is 608 g/mol. The molecule has 4 atom stereocenters. The smallest absolute Gasteiger partial charge is 0.320 e. The van der Waals surface area contributed by atoms with Crippen LogP contribution in [0.1, 0.15) is 83.1 Å². The first-order chi connectivity index (χ1) is 21.3. The fraction of sp³-hybridized carbons (Fsp3) is 0.629. The lowest BCUT2D eigenvalue weighted by molar-refractivity contribution is -0.177. The van der Waals surface area contributed by atoms with Crippen LogP contribution in [0.5, 0.6) is 11.5 Å². The van der Waals surface area contributed by atoms with E-state index in [4.69, 9.17) is 18.9 Å². The standard InChI is InChI=1S/C35H48N2O7/c1-23-35(34(40)43-4)21-27(19-32(38)36-22-25-14-15-28(41-2)30(18-25)42-3)33(39)37(17-16-24-10-6-5-7-11-24)31(35)20-29(44-23)26-12-8-9-13-26/h10,14-15,18,20,23,26-27,29H,5-9,11-13,16-17,19,21-22H2,1-4H3,(H,36,38)/t23-,27+,29-,35+/m1/s1. The Morgan fingerprint density at radius 1 is 1.07 bits per heavy atom. The van der Waals surface area contributed by atoms with Crippen molar-refractivity contribution in [3.63, 3.8) is 0 Å². The molecular formula is C35H48N2O7. The molecule has 2 amide bonds. The maximum absolute atomic E-state index is 14.3. The quantitative estimate of drug-likeness (QED) is 0.263. The summed E-state index contributed by atoms with van der Waals surface area (Å²) in [7, 11) is 4.53. The Balaban J connectivity index is 1.40. The number of fused-ring (bicyclic) bond motifs is 1. The van der Waals surface area contributed by atoms with Gasteiger partial charge >= 0.3 is 5.97 Å². The molecule has 4 aliphatic rings. The summed E-state index contributed by atoms with van der Waals surface area (Å²) in [4.78, 5) is 43.2. The molecule has 2 heterocycles. The molecule has 2 aliphatic heterocycles. The first-order valence-corrected chi connectivity index (χ1v) is 16.2. The van der Waals surface area contributed by atoms with Crippen molar-refractivity contribution < 1.29 is 33.3 Å². The fourth-order valence-corrected chi connectivity index (χ4v) is 7.65. The molecule has 2 aliphatic carbocycles. The highest BCUT2D eigenvalue weighted by Gasteiger charge is 2.60. The van der Waals surface area contributed by atoms with Crippen molar-refractivity contribution in [3.05, 3.63) is 47.2 Å². The minimum atomic E-state index is -1.16. The molecule has 240 valence electrons. The van der Waals surface area contributed by atoms with Gasteiger partial charge in [0.1, 0.15) is 5.41 Å². The van der Waals surface area contributed by atoms with Crippen LogP contribution in [0.25, 0.3) is 0 Å². The number of hydrogen-bond donors (Lipinski definition) is 1. The highest BCUT2D eigenvalue weighted by molar-refractivity contribution is 5.92. The summed E-state index contributed by atoms with van der Waals surface area (Å²) < 4.78 is 22.7. The summed E-state index contributed by atoms with van der Waals surface area (Å²) in [6.45, 7) is 2.68. The van der Waals surface area contributed by atoms with E-state index in [2.05, 4.69) is 11.4 Å². The SMILES string of the molecule is COC(=O)[C@]12C[C@H](CC(=O)NCc3ccc(OC)c(OC)c3)C(=O)N(CCC3=CCCCC3)C1=C[C@H](C1CCCC1)O[C@@H]2C. The first kappa shape index (κ1) is 32.1. The maximum atomic E-state index is 14.3. The van der Waals surface area contributed by atoms with E-state index in [1.165, 1.54) is 31.9 Å². The minimum absolute atomic E-state index is 0.0316.